The van der Waals surface area contributed by atoms with Crippen LogP contribution in [0.5, 0.6) is 5.75 Å². The number of carbonyl (C=O) groups excluding carboxylic acids is 3. The van der Waals surface area contributed by atoms with Gasteiger partial charge in [-0.3, -0.25) is 14.4 Å². The van der Waals surface area contributed by atoms with Crippen LogP contribution < -0.4 is 10.1 Å². The van der Waals surface area contributed by atoms with E-state index in [1.807, 2.05) is 6.07 Å². The van der Waals surface area contributed by atoms with E-state index in [1.54, 1.807) is 78.9 Å². The van der Waals surface area contributed by atoms with Crippen molar-refractivity contribution >= 4 is 17.7 Å². The number of amides is 1. The summed E-state index contributed by atoms with van der Waals surface area (Å²) in [5.74, 6) is -1.15. The predicted octanol–water partition coefficient (Wildman–Crippen LogP) is 3.59. The molecule has 0 aliphatic rings. The largest absolute Gasteiger partial charge is 0.496 e. The molecule has 3 aromatic carbocycles. The maximum atomic E-state index is 12.9. The van der Waals surface area contributed by atoms with Gasteiger partial charge in [-0.25, -0.2) is 0 Å². The third-order valence-corrected chi connectivity index (χ3v) is 4.39. The fourth-order valence-electron chi connectivity index (χ4n) is 2.91. The quantitative estimate of drug-likeness (QED) is 0.459. The van der Waals surface area contributed by atoms with Gasteiger partial charge in [-0.2, -0.15) is 0 Å². The molecule has 152 valence electrons. The molecule has 1 N–H and O–H groups in total. The number of hydrogen-bond donors (Lipinski definition) is 1. The molecule has 0 spiro atoms. The molecular formula is C24H21NO5. The van der Waals surface area contributed by atoms with Gasteiger partial charge in [0.1, 0.15) is 12.3 Å². The maximum Gasteiger partial charge on any atom is 0.326 e. The van der Waals surface area contributed by atoms with Crippen molar-refractivity contribution in [1.82, 2.24) is 5.32 Å². The summed E-state index contributed by atoms with van der Waals surface area (Å²) >= 11 is 0. The Morgan fingerprint density at radius 2 is 1.43 bits per heavy atom. The highest BCUT2D eigenvalue weighted by molar-refractivity contribution is 6.01. The van der Waals surface area contributed by atoms with Crippen LogP contribution in [0.25, 0.3) is 0 Å². The Morgan fingerprint density at radius 1 is 0.833 bits per heavy atom. The summed E-state index contributed by atoms with van der Waals surface area (Å²) in [6.07, 6.45) is -1.11. The summed E-state index contributed by atoms with van der Waals surface area (Å²) in [5, 5.41) is 2.50. The lowest BCUT2D eigenvalue weighted by atomic mass is 10.00. The number of ether oxygens (including phenoxy) is 2. The number of carbonyl (C=O) groups is 3. The molecule has 0 fully saturated rings. The third-order valence-electron chi connectivity index (χ3n) is 4.39. The molecule has 3 aromatic rings. The van der Waals surface area contributed by atoms with Gasteiger partial charge in [-0.15, -0.1) is 0 Å². The van der Waals surface area contributed by atoms with E-state index in [0.29, 0.717) is 22.4 Å². The second-order valence-electron chi connectivity index (χ2n) is 6.39. The van der Waals surface area contributed by atoms with E-state index in [2.05, 4.69) is 5.32 Å². The molecule has 1 atom stereocenters. The number of nitrogens with one attached hydrogen (secondary N) is 1. The molecular weight excluding hydrogens is 382 g/mol. The van der Waals surface area contributed by atoms with Gasteiger partial charge in [0, 0.05) is 11.1 Å². The Kier molecular flexibility index (Phi) is 6.95. The zero-order valence-corrected chi connectivity index (χ0v) is 16.4. The van der Waals surface area contributed by atoms with Gasteiger partial charge < -0.3 is 14.8 Å². The fraction of sp³-hybridized carbons (Fsp3) is 0.125. The van der Waals surface area contributed by atoms with Crippen molar-refractivity contribution in [2.45, 2.75) is 6.10 Å². The Balaban J connectivity index is 1.71. The lowest BCUT2D eigenvalue weighted by Crippen LogP contribution is -2.32. The van der Waals surface area contributed by atoms with Gasteiger partial charge >= 0.3 is 5.97 Å². The van der Waals surface area contributed by atoms with E-state index in [-0.39, 0.29) is 12.3 Å². The summed E-state index contributed by atoms with van der Waals surface area (Å²) in [6, 6.07) is 24.0. The van der Waals surface area contributed by atoms with Crippen LogP contribution in [0.3, 0.4) is 0 Å². The minimum Gasteiger partial charge on any atom is -0.496 e. The van der Waals surface area contributed by atoms with Crippen molar-refractivity contribution in [1.29, 1.82) is 0 Å². The molecule has 6 nitrogen and oxygen atoms in total. The summed E-state index contributed by atoms with van der Waals surface area (Å²) in [7, 11) is 1.46. The van der Waals surface area contributed by atoms with Gasteiger partial charge in [0.05, 0.1) is 12.7 Å². The van der Waals surface area contributed by atoms with Crippen LogP contribution in [-0.2, 0) is 9.53 Å². The predicted molar refractivity (Wildman–Crippen MR) is 111 cm³/mol. The standard InChI is InChI=1S/C24H21NO5/c1-29-20-15-9-8-14-19(20)24(28)25-16-21(26)30-23(18-12-6-3-7-13-18)22(27)17-10-4-2-5-11-17/h2-15,23H,16H2,1H3,(H,25,28)/t23-/m1/s1. The topological polar surface area (TPSA) is 81.7 Å². The first-order valence-corrected chi connectivity index (χ1v) is 9.35. The minimum atomic E-state index is -1.11. The molecule has 0 aliphatic heterocycles. The average molecular weight is 403 g/mol. The van der Waals surface area contributed by atoms with Gasteiger partial charge in [0.25, 0.3) is 5.91 Å². The van der Waals surface area contributed by atoms with Gasteiger partial charge in [-0.1, -0.05) is 72.8 Å². The summed E-state index contributed by atoms with van der Waals surface area (Å²) in [4.78, 5) is 37.7. The van der Waals surface area contributed by atoms with E-state index in [4.69, 9.17) is 9.47 Å². The number of para-hydroxylation sites is 1. The number of hydrogen-bond acceptors (Lipinski definition) is 5. The Hall–Kier alpha value is -3.93. The average Bonchev–Trinajstić information content (AvgIpc) is 2.81. The minimum absolute atomic E-state index is 0.299. The van der Waals surface area contributed by atoms with E-state index in [9.17, 15) is 14.4 Å². The number of ketones is 1. The summed E-state index contributed by atoms with van der Waals surface area (Å²) in [5.41, 5.74) is 1.28. The number of rotatable bonds is 8. The summed E-state index contributed by atoms with van der Waals surface area (Å²) < 4.78 is 10.6. The third kappa shape index (κ3) is 5.11. The van der Waals surface area contributed by atoms with Gasteiger partial charge in [0.2, 0.25) is 5.78 Å². The van der Waals surface area contributed by atoms with Crippen molar-refractivity contribution in [3.63, 3.8) is 0 Å². The number of esters is 1. The van der Waals surface area contributed by atoms with E-state index in [1.165, 1.54) is 7.11 Å². The lowest BCUT2D eigenvalue weighted by Gasteiger charge is -2.18. The number of benzene rings is 3. The SMILES string of the molecule is COc1ccccc1C(=O)NCC(=O)O[C@@H](C(=O)c1ccccc1)c1ccccc1. The van der Waals surface area contributed by atoms with Gasteiger partial charge in [-0.05, 0) is 12.1 Å². The Bertz CT molecular complexity index is 1020. The van der Waals surface area contributed by atoms with Crippen LogP contribution in [0, 0.1) is 0 Å². The summed E-state index contributed by atoms with van der Waals surface area (Å²) in [6.45, 7) is -0.387. The second-order valence-corrected chi connectivity index (χ2v) is 6.39. The molecule has 0 unspecified atom stereocenters. The molecule has 0 aromatic heterocycles. The second kappa shape index (κ2) is 10.0. The van der Waals surface area contributed by atoms with Crippen LogP contribution in [-0.4, -0.2) is 31.3 Å². The van der Waals surface area contributed by atoms with Crippen LogP contribution in [0.15, 0.2) is 84.9 Å². The van der Waals surface area contributed by atoms with Crippen molar-refractivity contribution in [2.24, 2.45) is 0 Å². The lowest BCUT2D eigenvalue weighted by molar-refractivity contribution is -0.146. The maximum absolute atomic E-state index is 12.9. The first kappa shape index (κ1) is 20.8. The van der Waals surface area contributed by atoms with Crippen molar-refractivity contribution in [2.75, 3.05) is 13.7 Å². The number of Topliss-reactive ketones (excluding diaryl/α,β-unsaturated/α-hetero) is 1. The zero-order valence-electron chi connectivity index (χ0n) is 16.4. The molecule has 6 heteroatoms. The highest BCUT2D eigenvalue weighted by Gasteiger charge is 2.26. The normalized spacial score (nSPS) is 11.2. The Labute approximate surface area is 174 Å². The van der Waals surface area contributed by atoms with Crippen molar-refractivity contribution < 1.29 is 23.9 Å². The van der Waals surface area contributed by atoms with Crippen molar-refractivity contribution in [3.8, 4) is 5.75 Å². The molecule has 1 amide bonds. The molecule has 0 saturated carbocycles. The molecule has 30 heavy (non-hydrogen) atoms. The monoisotopic (exact) mass is 403 g/mol. The fourth-order valence-corrected chi connectivity index (χ4v) is 2.91. The molecule has 0 saturated heterocycles. The Morgan fingerprint density at radius 3 is 2.10 bits per heavy atom. The zero-order chi connectivity index (χ0) is 21.3. The van der Waals surface area contributed by atoms with E-state index < -0.39 is 18.0 Å². The first-order chi connectivity index (χ1) is 14.6. The smallest absolute Gasteiger partial charge is 0.326 e. The first-order valence-electron chi connectivity index (χ1n) is 9.35. The molecule has 0 aliphatic carbocycles. The van der Waals surface area contributed by atoms with Crippen LogP contribution >= 0.6 is 0 Å². The highest BCUT2D eigenvalue weighted by Crippen LogP contribution is 2.23. The molecule has 0 heterocycles. The highest BCUT2D eigenvalue weighted by atomic mass is 16.5. The van der Waals surface area contributed by atoms with Crippen LogP contribution in [0.1, 0.15) is 32.4 Å². The number of methoxy groups -OCH3 is 1. The van der Waals surface area contributed by atoms with Crippen molar-refractivity contribution in [3.05, 3.63) is 102 Å². The van der Waals surface area contributed by atoms with Gasteiger partial charge in [0.15, 0.2) is 6.10 Å². The van der Waals surface area contributed by atoms with Crippen LogP contribution in [0.4, 0.5) is 0 Å². The molecule has 3 rings (SSSR count). The molecule has 0 bridgehead atoms. The van der Waals surface area contributed by atoms with E-state index in [0.717, 1.165) is 0 Å². The van der Waals surface area contributed by atoms with Crippen LogP contribution in [0.2, 0.25) is 0 Å². The molecule has 0 radical (unpaired) electrons. The van der Waals surface area contributed by atoms with E-state index >= 15 is 0 Å².